The molecule has 0 atom stereocenters. The summed E-state index contributed by atoms with van der Waals surface area (Å²) >= 11 is 0. The van der Waals surface area contributed by atoms with Crippen molar-refractivity contribution in [2.75, 3.05) is 18.9 Å². The molecule has 0 heterocycles. The van der Waals surface area contributed by atoms with E-state index in [-0.39, 0.29) is 5.91 Å². The highest BCUT2D eigenvalue weighted by Gasteiger charge is 2.02. The van der Waals surface area contributed by atoms with Gasteiger partial charge in [0.2, 0.25) is 5.91 Å². The van der Waals surface area contributed by atoms with Gasteiger partial charge in [-0.3, -0.25) is 4.79 Å². The van der Waals surface area contributed by atoms with Crippen LogP contribution in [-0.2, 0) is 4.79 Å². The molecule has 2 N–H and O–H groups in total. The molecular formula is C15H18N2O. The first kappa shape index (κ1) is 12.6. The average molecular weight is 242 g/mol. The van der Waals surface area contributed by atoms with Crippen molar-refractivity contribution >= 4 is 22.4 Å². The maximum Gasteiger partial charge on any atom is 0.225 e. The van der Waals surface area contributed by atoms with Crippen molar-refractivity contribution in [2.24, 2.45) is 0 Å². The quantitative estimate of drug-likeness (QED) is 0.865. The fourth-order valence-electron chi connectivity index (χ4n) is 1.90. The van der Waals surface area contributed by atoms with Gasteiger partial charge in [0.25, 0.3) is 0 Å². The molecule has 3 heteroatoms. The summed E-state index contributed by atoms with van der Waals surface area (Å²) in [5.41, 5.74) is 2.10. The monoisotopic (exact) mass is 242 g/mol. The molecule has 0 unspecified atom stereocenters. The van der Waals surface area contributed by atoms with Gasteiger partial charge in [-0.25, -0.2) is 0 Å². The molecule has 0 fully saturated rings. The number of anilines is 1. The van der Waals surface area contributed by atoms with Crippen molar-refractivity contribution < 1.29 is 4.79 Å². The molecule has 2 aromatic rings. The SMILES string of the molecule is CNCCC(=O)Nc1ccc2cc(C)ccc2c1. The van der Waals surface area contributed by atoms with Gasteiger partial charge in [0.1, 0.15) is 0 Å². The van der Waals surface area contributed by atoms with E-state index in [9.17, 15) is 4.79 Å². The molecule has 0 saturated carbocycles. The highest BCUT2D eigenvalue weighted by atomic mass is 16.1. The van der Waals surface area contributed by atoms with Gasteiger partial charge < -0.3 is 10.6 Å². The Morgan fingerprint density at radius 2 is 1.83 bits per heavy atom. The Hall–Kier alpha value is -1.87. The normalized spacial score (nSPS) is 10.6. The molecule has 2 rings (SSSR count). The summed E-state index contributed by atoms with van der Waals surface area (Å²) in [6, 6.07) is 12.3. The van der Waals surface area contributed by atoms with E-state index in [1.54, 1.807) is 0 Å². The van der Waals surface area contributed by atoms with E-state index in [0.717, 1.165) is 11.1 Å². The van der Waals surface area contributed by atoms with Gasteiger partial charge in [-0.2, -0.15) is 0 Å². The van der Waals surface area contributed by atoms with Crippen molar-refractivity contribution in [1.82, 2.24) is 5.32 Å². The van der Waals surface area contributed by atoms with Crippen LogP contribution in [0.5, 0.6) is 0 Å². The molecule has 0 aliphatic rings. The van der Waals surface area contributed by atoms with Crippen LogP contribution in [0.1, 0.15) is 12.0 Å². The Morgan fingerprint density at radius 3 is 2.61 bits per heavy atom. The lowest BCUT2D eigenvalue weighted by molar-refractivity contribution is -0.116. The number of nitrogens with one attached hydrogen (secondary N) is 2. The molecule has 3 nitrogen and oxygen atoms in total. The van der Waals surface area contributed by atoms with Crippen LogP contribution >= 0.6 is 0 Å². The van der Waals surface area contributed by atoms with Gasteiger partial charge in [-0.1, -0.05) is 29.8 Å². The number of carbonyl (C=O) groups is 1. The van der Waals surface area contributed by atoms with Gasteiger partial charge in [-0.15, -0.1) is 0 Å². The van der Waals surface area contributed by atoms with Crippen molar-refractivity contribution in [2.45, 2.75) is 13.3 Å². The maximum absolute atomic E-state index is 11.6. The molecule has 1 amide bonds. The second kappa shape index (κ2) is 5.65. The summed E-state index contributed by atoms with van der Waals surface area (Å²) in [7, 11) is 1.84. The zero-order valence-electron chi connectivity index (χ0n) is 10.8. The number of fused-ring (bicyclic) bond motifs is 1. The van der Waals surface area contributed by atoms with Crippen molar-refractivity contribution in [3.8, 4) is 0 Å². The fourth-order valence-corrected chi connectivity index (χ4v) is 1.90. The van der Waals surface area contributed by atoms with Gasteiger partial charge in [0.05, 0.1) is 0 Å². The second-order valence-corrected chi connectivity index (χ2v) is 4.47. The summed E-state index contributed by atoms with van der Waals surface area (Å²) in [6.07, 6.45) is 0.489. The molecule has 18 heavy (non-hydrogen) atoms. The number of aryl methyl sites for hydroxylation is 1. The van der Waals surface area contributed by atoms with E-state index >= 15 is 0 Å². The zero-order valence-corrected chi connectivity index (χ0v) is 10.8. The molecule has 0 radical (unpaired) electrons. The van der Waals surface area contributed by atoms with Crippen LogP contribution < -0.4 is 10.6 Å². The van der Waals surface area contributed by atoms with E-state index in [1.807, 2.05) is 25.2 Å². The van der Waals surface area contributed by atoms with Crippen LogP contribution in [0.25, 0.3) is 10.8 Å². The van der Waals surface area contributed by atoms with Crippen LogP contribution in [-0.4, -0.2) is 19.5 Å². The van der Waals surface area contributed by atoms with E-state index in [1.165, 1.54) is 10.9 Å². The first-order valence-electron chi connectivity index (χ1n) is 6.14. The Bertz CT molecular complexity index is 563. The maximum atomic E-state index is 11.6. The summed E-state index contributed by atoms with van der Waals surface area (Å²) in [6.45, 7) is 2.77. The number of carbonyl (C=O) groups excluding carboxylic acids is 1. The van der Waals surface area contributed by atoms with Crippen molar-refractivity contribution in [3.05, 3.63) is 42.0 Å². The minimum absolute atomic E-state index is 0.0378. The van der Waals surface area contributed by atoms with E-state index in [2.05, 4.69) is 35.8 Å². The minimum atomic E-state index is 0.0378. The lowest BCUT2D eigenvalue weighted by atomic mass is 10.1. The largest absolute Gasteiger partial charge is 0.326 e. The predicted molar refractivity (Wildman–Crippen MR) is 75.9 cm³/mol. The molecule has 94 valence electrons. The lowest BCUT2D eigenvalue weighted by Gasteiger charge is -2.07. The standard InChI is InChI=1S/C15H18N2O/c1-11-3-4-13-10-14(6-5-12(13)9-11)17-15(18)7-8-16-2/h3-6,9-10,16H,7-8H2,1-2H3,(H,17,18). The highest BCUT2D eigenvalue weighted by molar-refractivity contribution is 5.94. The Morgan fingerprint density at radius 1 is 1.11 bits per heavy atom. The van der Waals surface area contributed by atoms with Crippen LogP contribution in [0.15, 0.2) is 36.4 Å². The number of benzene rings is 2. The summed E-state index contributed by atoms with van der Waals surface area (Å²) < 4.78 is 0. The van der Waals surface area contributed by atoms with E-state index in [4.69, 9.17) is 0 Å². The fraction of sp³-hybridized carbons (Fsp3) is 0.267. The van der Waals surface area contributed by atoms with Gasteiger partial charge in [0, 0.05) is 18.7 Å². The van der Waals surface area contributed by atoms with Crippen LogP contribution in [0, 0.1) is 6.92 Å². The Kier molecular flexibility index (Phi) is 3.95. The third-order valence-electron chi connectivity index (χ3n) is 2.88. The lowest BCUT2D eigenvalue weighted by Crippen LogP contribution is -2.18. The molecule has 0 saturated heterocycles. The van der Waals surface area contributed by atoms with Crippen LogP contribution in [0.4, 0.5) is 5.69 Å². The number of rotatable bonds is 4. The smallest absolute Gasteiger partial charge is 0.225 e. The van der Waals surface area contributed by atoms with Crippen LogP contribution in [0.3, 0.4) is 0 Å². The minimum Gasteiger partial charge on any atom is -0.326 e. The van der Waals surface area contributed by atoms with Gasteiger partial charge >= 0.3 is 0 Å². The first-order chi connectivity index (χ1) is 8.69. The molecule has 2 aromatic carbocycles. The number of amides is 1. The second-order valence-electron chi connectivity index (χ2n) is 4.47. The molecule has 0 bridgehead atoms. The van der Waals surface area contributed by atoms with E-state index < -0.39 is 0 Å². The van der Waals surface area contributed by atoms with Crippen molar-refractivity contribution in [1.29, 1.82) is 0 Å². The van der Waals surface area contributed by atoms with E-state index in [0.29, 0.717) is 13.0 Å². The number of hydrogen-bond acceptors (Lipinski definition) is 2. The molecule has 0 spiro atoms. The molecule has 0 aliphatic heterocycles. The Balaban J connectivity index is 2.15. The zero-order chi connectivity index (χ0) is 13.0. The number of hydrogen-bond donors (Lipinski definition) is 2. The first-order valence-corrected chi connectivity index (χ1v) is 6.14. The topological polar surface area (TPSA) is 41.1 Å². The molecule has 0 aliphatic carbocycles. The summed E-state index contributed by atoms with van der Waals surface area (Å²) in [4.78, 5) is 11.6. The third kappa shape index (κ3) is 3.08. The average Bonchev–Trinajstić information content (AvgIpc) is 2.36. The predicted octanol–water partition coefficient (Wildman–Crippen LogP) is 2.70. The molecular weight excluding hydrogens is 224 g/mol. The van der Waals surface area contributed by atoms with Crippen molar-refractivity contribution in [3.63, 3.8) is 0 Å². The van der Waals surface area contributed by atoms with Gasteiger partial charge in [0.15, 0.2) is 0 Å². The third-order valence-corrected chi connectivity index (χ3v) is 2.88. The summed E-state index contributed by atoms with van der Waals surface area (Å²) in [5, 5.41) is 8.21. The van der Waals surface area contributed by atoms with Gasteiger partial charge in [-0.05, 0) is 36.9 Å². The highest BCUT2D eigenvalue weighted by Crippen LogP contribution is 2.20. The molecule has 0 aromatic heterocycles. The Labute approximate surface area is 107 Å². The summed E-state index contributed by atoms with van der Waals surface area (Å²) in [5.74, 6) is 0.0378. The van der Waals surface area contributed by atoms with Crippen LogP contribution in [0.2, 0.25) is 0 Å².